The Morgan fingerprint density at radius 3 is 2.46 bits per heavy atom. The van der Waals surface area contributed by atoms with Gasteiger partial charge in [0.15, 0.2) is 4.80 Å². The molecule has 1 aromatic heterocycles. The summed E-state index contributed by atoms with van der Waals surface area (Å²) in [5.74, 6) is -0.719. The summed E-state index contributed by atoms with van der Waals surface area (Å²) in [4.78, 5) is 31.3. The molecule has 0 aliphatic heterocycles. The molecule has 0 N–H and O–H groups in total. The van der Waals surface area contributed by atoms with Crippen molar-refractivity contribution in [3.63, 3.8) is 0 Å². The summed E-state index contributed by atoms with van der Waals surface area (Å²) in [5, 5.41) is 0. The molecule has 0 fully saturated rings. The molecule has 0 atom stereocenters. The van der Waals surface area contributed by atoms with Crippen LogP contribution in [0.2, 0.25) is 0 Å². The summed E-state index contributed by atoms with van der Waals surface area (Å²) < 4.78 is 7.53. The molecular weight excluding hydrogens is 374 g/mol. The standard InChI is InChI=1S/C21H21N3O3S/c1-5-12-24-17-11-8-15(20(26)27-4)13-18(17)28-21(24)22-19(25)14-6-9-16(10-7-14)23(2)3/h5-11,13H,1,12H2,2-4H3. The van der Waals surface area contributed by atoms with Crippen molar-refractivity contribution < 1.29 is 14.3 Å². The third-order valence-electron chi connectivity index (χ3n) is 4.24. The first-order valence-corrected chi connectivity index (χ1v) is 9.45. The Morgan fingerprint density at radius 2 is 1.86 bits per heavy atom. The van der Waals surface area contributed by atoms with Gasteiger partial charge >= 0.3 is 5.97 Å². The van der Waals surface area contributed by atoms with Crippen molar-refractivity contribution in [2.24, 2.45) is 4.99 Å². The highest BCUT2D eigenvalue weighted by Crippen LogP contribution is 2.20. The number of anilines is 1. The van der Waals surface area contributed by atoms with Crippen molar-refractivity contribution >= 4 is 39.1 Å². The average molecular weight is 395 g/mol. The topological polar surface area (TPSA) is 63.9 Å². The van der Waals surface area contributed by atoms with Crippen molar-refractivity contribution in [3.05, 3.63) is 71.0 Å². The zero-order valence-corrected chi connectivity index (χ0v) is 16.8. The van der Waals surface area contributed by atoms with Gasteiger partial charge in [-0.2, -0.15) is 4.99 Å². The summed E-state index contributed by atoms with van der Waals surface area (Å²) in [7, 11) is 5.23. The predicted molar refractivity (Wildman–Crippen MR) is 112 cm³/mol. The lowest BCUT2D eigenvalue weighted by Crippen LogP contribution is -2.16. The summed E-state index contributed by atoms with van der Waals surface area (Å²) >= 11 is 1.35. The lowest BCUT2D eigenvalue weighted by molar-refractivity contribution is 0.0601. The molecule has 1 amide bonds. The van der Waals surface area contributed by atoms with Crippen LogP contribution in [0.1, 0.15) is 20.7 Å². The molecule has 0 aliphatic carbocycles. The smallest absolute Gasteiger partial charge is 0.337 e. The van der Waals surface area contributed by atoms with Crippen LogP contribution in [0.15, 0.2) is 60.1 Å². The molecule has 7 heteroatoms. The van der Waals surface area contributed by atoms with E-state index in [1.54, 1.807) is 30.3 Å². The molecule has 3 aromatic rings. The molecule has 28 heavy (non-hydrogen) atoms. The second-order valence-corrected chi connectivity index (χ2v) is 7.33. The van der Waals surface area contributed by atoms with Crippen LogP contribution in [0, 0.1) is 0 Å². The van der Waals surface area contributed by atoms with Crippen LogP contribution in [0.25, 0.3) is 10.2 Å². The van der Waals surface area contributed by atoms with Gasteiger partial charge in [0, 0.05) is 31.9 Å². The maximum absolute atomic E-state index is 12.7. The Bertz CT molecular complexity index is 1110. The fourth-order valence-electron chi connectivity index (χ4n) is 2.76. The van der Waals surface area contributed by atoms with E-state index < -0.39 is 5.97 Å². The van der Waals surface area contributed by atoms with Gasteiger partial charge in [0.1, 0.15) is 0 Å². The zero-order valence-electron chi connectivity index (χ0n) is 16.0. The van der Waals surface area contributed by atoms with Crippen LogP contribution < -0.4 is 9.70 Å². The Balaban J connectivity index is 2.06. The lowest BCUT2D eigenvalue weighted by Gasteiger charge is -2.11. The normalized spacial score (nSPS) is 11.5. The van der Waals surface area contributed by atoms with Crippen molar-refractivity contribution in [1.29, 1.82) is 0 Å². The Labute approximate surface area is 167 Å². The fraction of sp³-hybridized carbons (Fsp3) is 0.190. The van der Waals surface area contributed by atoms with Crippen molar-refractivity contribution in [1.82, 2.24) is 4.57 Å². The van der Waals surface area contributed by atoms with Gasteiger partial charge in [-0.15, -0.1) is 6.58 Å². The number of fused-ring (bicyclic) bond motifs is 1. The third-order valence-corrected chi connectivity index (χ3v) is 5.28. The van der Waals surface area contributed by atoms with Gasteiger partial charge in [-0.25, -0.2) is 4.79 Å². The van der Waals surface area contributed by atoms with Crippen LogP contribution in [0.4, 0.5) is 5.69 Å². The SMILES string of the molecule is C=CCn1c(=NC(=O)c2ccc(N(C)C)cc2)sc2cc(C(=O)OC)ccc21. The maximum Gasteiger partial charge on any atom is 0.337 e. The molecule has 0 spiro atoms. The molecule has 6 nitrogen and oxygen atoms in total. The second-order valence-electron chi connectivity index (χ2n) is 6.32. The number of methoxy groups -OCH3 is 1. The Kier molecular flexibility index (Phi) is 5.75. The molecule has 2 aromatic carbocycles. The van der Waals surface area contributed by atoms with E-state index in [4.69, 9.17) is 4.74 Å². The molecule has 144 valence electrons. The minimum atomic E-state index is -0.402. The van der Waals surface area contributed by atoms with Crippen LogP contribution in [0.5, 0.6) is 0 Å². The number of aromatic nitrogens is 1. The van der Waals surface area contributed by atoms with Gasteiger partial charge < -0.3 is 14.2 Å². The molecular formula is C21H21N3O3S. The van der Waals surface area contributed by atoms with E-state index in [2.05, 4.69) is 11.6 Å². The van der Waals surface area contributed by atoms with E-state index in [-0.39, 0.29) is 5.91 Å². The number of thiazole rings is 1. The third kappa shape index (κ3) is 3.89. The van der Waals surface area contributed by atoms with Gasteiger partial charge in [0.05, 0.1) is 22.9 Å². The highest BCUT2D eigenvalue weighted by atomic mass is 32.1. The number of hydrogen-bond acceptors (Lipinski definition) is 5. The van der Waals surface area contributed by atoms with Crippen LogP contribution in [-0.4, -0.2) is 37.6 Å². The highest BCUT2D eigenvalue weighted by molar-refractivity contribution is 7.16. The average Bonchev–Trinajstić information content (AvgIpc) is 3.04. The molecule has 0 unspecified atom stereocenters. The van der Waals surface area contributed by atoms with E-state index >= 15 is 0 Å². The van der Waals surface area contributed by atoms with Gasteiger partial charge in [-0.05, 0) is 42.5 Å². The number of nitrogens with zero attached hydrogens (tertiary/aromatic N) is 3. The summed E-state index contributed by atoms with van der Waals surface area (Å²) in [6, 6.07) is 12.6. The number of carbonyl (C=O) groups is 2. The van der Waals surface area contributed by atoms with Gasteiger partial charge in [0.25, 0.3) is 5.91 Å². The number of esters is 1. The predicted octanol–water partition coefficient (Wildman–Crippen LogP) is 3.48. The number of ether oxygens (including phenoxy) is 1. The first-order chi connectivity index (χ1) is 13.4. The number of amides is 1. The minimum absolute atomic E-state index is 0.317. The van der Waals surface area contributed by atoms with Crippen LogP contribution in [0.3, 0.4) is 0 Å². The Morgan fingerprint density at radius 1 is 1.18 bits per heavy atom. The minimum Gasteiger partial charge on any atom is -0.465 e. The second kappa shape index (κ2) is 8.22. The maximum atomic E-state index is 12.7. The number of hydrogen-bond donors (Lipinski definition) is 0. The van der Waals surface area contributed by atoms with E-state index in [1.807, 2.05) is 41.8 Å². The quantitative estimate of drug-likeness (QED) is 0.490. The van der Waals surface area contributed by atoms with Crippen molar-refractivity contribution in [2.75, 3.05) is 26.1 Å². The molecule has 0 bridgehead atoms. The molecule has 1 heterocycles. The lowest BCUT2D eigenvalue weighted by atomic mass is 10.2. The summed E-state index contributed by atoms with van der Waals surface area (Å²) in [6.45, 7) is 4.29. The largest absolute Gasteiger partial charge is 0.465 e. The number of benzene rings is 2. The van der Waals surface area contributed by atoms with E-state index in [9.17, 15) is 9.59 Å². The summed E-state index contributed by atoms with van der Waals surface area (Å²) in [5.41, 5.74) is 2.87. The fourth-order valence-corrected chi connectivity index (χ4v) is 3.84. The molecule has 0 saturated carbocycles. The first kappa shape index (κ1) is 19.6. The molecule has 0 aliphatic rings. The zero-order chi connectivity index (χ0) is 20.3. The molecule has 0 saturated heterocycles. The monoisotopic (exact) mass is 395 g/mol. The summed E-state index contributed by atoms with van der Waals surface area (Å²) in [6.07, 6.45) is 1.75. The number of carbonyl (C=O) groups excluding carboxylic acids is 2. The first-order valence-electron chi connectivity index (χ1n) is 8.63. The van der Waals surface area contributed by atoms with Gasteiger partial charge in [-0.1, -0.05) is 17.4 Å². The molecule has 3 rings (SSSR count). The van der Waals surface area contributed by atoms with E-state index in [1.165, 1.54) is 18.4 Å². The number of allylic oxidation sites excluding steroid dienone is 1. The van der Waals surface area contributed by atoms with Gasteiger partial charge in [-0.3, -0.25) is 4.79 Å². The number of rotatable bonds is 5. The van der Waals surface area contributed by atoms with Crippen LogP contribution in [-0.2, 0) is 11.3 Å². The van der Waals surface area contributed by atoms with Crippen molar-refractivity contribution in [3.8, 4) is 0 Å². The molecule has 0 radical (unpaired) electrons. The highest BCUT2D eigenvalue weighted by Gasteiger charge is 2.12. The van der Waals surface area contributed by atoms with Gasteiger partial charge in [0.2, 0.25) is 0 Å². The van der Waals surface area contributed by atoms with E-state index in [0.29, 0.717) is 22.5 Å². The van der Waals surface area contributed by atoms with E-state index in [0.717, 1.165) is 15.9 Å². The Hall–Kier alpha value is -3.19. The van der Waals surface area contributed by atoms with Crippen LogP contribution >= 0.6 is 11.3 Å². The van der Waals surface area contributed by atoms with Crippen molar-refractivity contribution in [2.45, 2.75) is 6.54 Å².